The molecule has 2 N–H and O–H groups in total. The maximum Gasteiger partial charge on any atom is 0.418 e. The molecule has 1 aliphatic heterocycles. The van der Waals surface area contributed by atoms with Gasteiger partial charge in [0.25, 0.3) is 0 Å². The molecule has 1 unspecified atom stereocenters. The van der Waals surface area contributed by atoms with Crippen LogP contribution in [0, 0.1) is 22.9 Å². The van der Waals surface area contributed by atoms with Gasteiger partial charge in [-0.1, -0.05) is 45.0 Å². The van der Waals surface area contributed by atoms with E-state index in [1.54, 1.807) is 24.3 Å². The van der Waals surface area contributed by atoms with Crippen molar-refractivity contribution in [1.29, 1.82) is 0 Å². The zero-order valence-corrected chi connectivity index (χ0v) is 23.0. The molecule has 2 atom stereocenters. The lowest BCUT2D eigenvalue weighted by atomic mass is 9.83. The average Bonchev–Trinajstić information content (AvgIpc) is 3.46. The van der Waals surface area contributed by atoms with Crippen LogP contribution in [0.2, 0.25) is 0 Å². The highest BCUT2D eigenvalue weighted by Gasteiger charge is 2.44. The molecule has 1 aromatic heterocycles. The van der Waals surface area contributed by atoms with E-state index >= 15 is 0 Å². The van der Waals surface area contributed by atoms with Crippen LogP contribution in [0.5, 0.6) is 0 Å². The molecule has 6 nitrogen and oxygen atoms in total. The molecule has 2 heterocycles. The number of halogens is 6. The van der Waals surface area contributed by atoms with Gasteiger partial charge in [0.2, 0.25) is 0 Å². The Hall–Kier alpha value is -4.22. The summed E-state index contributed by atoms with van der Waals surface area (Å²) in [6.45, 7) is 6.03. The van der Waals surface area contributed by atoms with E-state index in [9.17, 15) is 31.1 Å². The third kappa shape index (κ3) is 5.49. The van der Waals surface area contributed by atoms with Crippen LogP contribution in [0.15, 0.2) is 54.6 Å². The summed E-state index contributed by atoms with van der Waals surface area (Å²) in [5.74, 6) is -3.48. The van der Waals surface area contributed by atoms with E-state index in [0.29, 0.717) is 30.7 Å². The Labute approximate surface area is 237 Å². The fraction of sp³-hybridized carbons (Fsp3) is 0.333. The standard InChI is InChI=1S/C30H28F6N4O2/c1-29(2,3)27-24(42-28(37)41)11-12-39(27)18-9-7-16(8-10-18)26-19-5-4-6-21(30(34,35)36)25(19)38-40(26)15-20-22(32)13-17(31)14-23(20)33/h4-10,13-14,24,27H,11-12,15H2,1-3H3,(H2,37,41)/t24-,27?/m1/s1. The zero-order valence-electron chi connectivity index (χ0n) is 23.0. The summed E-state index contributed by atoms with van der Waals surface area (Å²) in [7, 11) is 0. The van der Waals surface area contributed by atoms with Crippen molar-refractivity contribution < 1.29 is 35.9 Å². The molecule has 1 aliphatic rings. The Morgan fingerprint density at radius 3 is 2.24 bits per heavy atom. The number of carbonyl (C=O) groups excluding carboxylic acids is 1. The molecule has 12 heteroatoms. The van der Waals surface area contributed by atoms with Gasteiger partial charge in [-0.25, -0.2) is 18.0 Å². The minimum absolute atomic E-state index is 0.129. The first-order chi connectivity index (χ1) is 19.6. The monoisotopic (exact) mass is 590 g/mol. The van der Waals surface area contributed by atoms with Crippen LogP contribution < -0.4 is 10.6 Å². The van der Waals surface area contributed by atoms with Crippen LogP contribution >= 0.6 is 0 Å². The molecule has 3 aromatic carbocycles. The van der Waals surface area contributed by atoms with Crippen molar-refractivity contribution in [2.24, 2.45) is 11.1 Å². The number of nitrogens with zero attached hydrogens (tertiary/aromatic N) is 3. The van der Waals surface area contributed by atoms with Crippen molar-refractivity contribution in [2.45, 2.75) is 52.1 Å². The smallest absolute Gasteiger partial charge is 0.418 e. The van der Waals surface area contributed by atoms with Crippen LogP contribution in [0.25, 0.3) is 22.2 Å². The van der Waals surface area contributed by atoms with E-state index in [1.165, 1.54) is 12.1 Å². The van der Waals surface area contributed by atoms with Crippen LogP contribution in [0.1, 0.15) is 38.3 Å². The van der Waals surface area contributed by atoms with Gasteiger partial charge < -0.3 is 15.4 Å². The van der Waals surface area contributed by atoms with Crippen molar-refractivity contribution in [3.63, 3.8) is 0 Å². The molecular weight excluding hydrogens is 562 g/mol. The number of ether oxygens (including phenoxy) is 1. The maximum absolute atomic E-state index is 14.6. The first kappa shape index (κ1) is 29.3. The van der Waals surface area contributed by atoms with Gasteiger partial charge >= 0.3 is 12.3 Å². The Morgan fingerprint density at radius 2 is 1.67 bits per heavy atom. The number of alkyl halides is 3. The molecule has 1 fully saturated rings. The van der Waals surface area contributed by atoms with Crippen molar-refractivity contribution in [2.75, 3.05) is 11.4 Å². The second-order valence-corrected chi connectivity index (χ2v) is 11.4. The van der Waals surface area contributed by atoms with Gasteiger partial charge in [-0.15, -0.1) is 0 Å². The topological polar surface area (TPSA) is 73.4 Å². The summed E-state index contributed by atoms with van der Waals surface area (Å²) >= 11 is 0. The molecule has 1 amide bonds. The summed E-state index contributed by atoms with van der Waals surface area (Å²) < 4.78 is 90.8. The predicted molar refractivity (Wildman–Crippen MR) is 145 cm³/mol. The fourth-order valence-electron chi connectivity index (χ4n) is 5.83. The Bertz CT molecular complexity index is 1620. The number of hydrogen-bond acceptors (Lipinski definition) is 4. The molecule has 1 saturated heterocycles. The third-order valence-electron chi connectivity index (χ3n) is 7.46. The molecule has 222 valence electrons. The Morgan fingerprint density at radius 1 is 1.02 bits per heavy atom. The summed E-state index contributed by atoms with van der Waals surface area (Å²) in [6, 6.07) is 11.3. The molecule has 0 radical (unpaired) electrons. The van der Waals surface area contributed by atoms with Crippen molar-refractivity contribution in [1.82, 2.24) is 9.78 Å². The van der Waals surface area contributed by atoms with E-state index in [1.807, 2.05) is 20.8 Å². The Kier molecular flexibility index (Phi) is 7.36. The molecular formula is C30H28F6N4O2. The second-order valence-electron chi connectivity index (χ2n) is 11.4. The first-order valence-electron chi connectivity index (χ1n) is 13.2. The van der Waals surface area contributed by atoms with Gasteiger partial charge in [0.05, 0.1) is 23.8 Å². The molecule has 4 aromatic rings. The summed E-state index contributed by atoms with van der Waals surface area (Å²) in [6.07, 6.45) is -5.47. The van der Waals surface area contributed by atoms with E-state index < -0.39 is 53.5 Å². The van der Waals surface area contributed by atoms with E-state index in [4.69, 9.17) is 10.5 Å². The third-order valence-corrected chi connectivity index (χ3v) is 7.46. The second kappa shape index (κ2) is 10.6. The highest BCUT2D eigenvalue weighted by Crippen LogP contribution is 2.41. The average molecular weight is 591 g/mol. The number of carbonyl (C=O) groups is 1. The van der Waals surface area contributed by atoms with E-state index in [0.717, 1.165) is 16.4 Å². The van der Waals surface area contributed by atoms with Gasteiger partial charge in [-0.2, -0.15) is 18.3 Å². The van der Waals surface area contributed by atoms with Gasteiger partial charge in [-0.05, 0) is 23.6 Å². The molecule has 42 heavy (non-hydrogen) atoms. The Balaban J connectivity index is 1.61. The van der Waals surface area contributed by atoms with Gasteiger partial charge in [0.15, 0.2) is 0 Å². The zero-order chi connectivity index (χ0) is 30.6. The van der Waals surface area contributed by atoms with Crippen LogP contribution in [-0.2, 0) is 17.5 Å². The van der Waals surface area contributed by atoms with Crippen LogP contribution in [0.3, 0.4) is 0 Å². The van der Waals surface area contributed by atoms with Gasteiger partial charge in [-0.3, -0.25) is 4.68 Å². The number of fused-ring (bicyclic) bond motifs is 1. The number of anilines is 1. The summed E-state index contributed by atoms with van der Waals surface area (Å²) in [4.78, 5) is 13.6. The molecule has 0 saturated carbocycles. The van der Waals surface area contributed by atoms with E-state index in [-0.39, 0.29) is 28.1 Å². The lowest BCUT2D eigenvalue weighted by Crippen LogP contribution is -2.47. The number of aromatic nitrogens is 2. The lowest BCUT2D eigenvalue weighted by molar-refractivity contribution is -0.136. The molecule has 0 spiro atoms. The number of primary amides is 1. The molecule has 0 aliphatic carbocycles. The van der Waals surface area contributed by atoms with Crippen LogP contribution in [0.4, 0.5) is 36.8 Å². The highest BCUT2D eigenvalue weighted by molar-refractivity contribution is 5.95. The first-order valence-corrected chi connectivity index (χ1v) is 13.2. The largest absolute Gasteiger partial charge is 0.444 e. The highest BCUT2D eigenvalue weighted by atomic mass is 19.4. The number of benzene rings is 3. The van der Waals surface area contributed by atoms with Crippen LogP contribution in [-0.4, -0.2) is 34.6 Å². The maximum atomic E-state index is 14.6. The summed E-state index contributed by atoms with van der Waals surface area (Å²) in [5, 5.41) is 4.26. The fourth-order valence-corrected chi connectivity index (χ4v) is 5.83. The van der Waals surface area contributed by atoms with Crippen molar-refractivity contribution in [3.8, 4) is 11.3 Å². The molecule has 5 rings (SSSR count). The predicted octanol–water partition coefficient (Wildman–Crippen LogP) is 7.28. The summed E-state index contributed by atoms with van der Waals surface area (Å²) in [5.41, 5.74) is 4.49. The molecule has 0 bridgehead atoms. The quantitative estimate of drug-likeness (QED) is 0.248. The van der Waals surface area contributed by atoms with E-state index in [2.05, 4.69) is 10.00 Å². The minimum Gasteiger partial charge on any atom is -0.444 e. The van der Waals surface area contributed by atoms with Crippen molar-refractivity contribution >= 4 is 22.7 Å². The minimum atomic E-state index is -4.73. The number of hydrogen-bond donors (Lipinski definition) is 1. The lowest BCUT2D eigenvalue weighted by Gasteiger charge is -2.39. The number of amides is 1. The normalized spacial score (nSPS) is 17.7. The van der Waals surface area contributed by atoms with Gasteiger partial charge in [0, 0.05) is 47.3 Å². The number of rotatable bonds is 5. The van der Waals surface area contributed by atoms with Crippen molar-refractivity contribution in [3.05, 3.63) is 83.2 Å². The van der Waals surface area contributed by atoms with Gasteiger partial charge in [0.1, 0.15) is 29.1 Å². The number of nitrogens with two attached hydrogens (primary N) is 1. The SMILES string of the molecule is CC(C)(C)C1[C@H](OC(N)=O)CCN1c1ccc(-c2c3cccc(C(F)(F)F)c3nn2Cc2c(F)cc(F)cc2F)cc1.